The summed E-state index contributed by atoms with van der Waals surface area (Å²) < 4.78 is 30.1. The van der Waals surface area contributed by atoms with Gasteiger partial charge in [0.15, 0.2) is 5.65 Å². The molecule has 1 amide bonds. The lowest BCUT2D eigenvalue weighted by molar-refractivity contribution is 0.0954. The molecule has 1 saturated heterocycles. The number of amides is 1. The SMILES string of the molecule is Cc1nn2ccc3nc2c1C(=O)NCCCc1ncc(F)cc1[C@H]1C[C@H](F)CN31. The van der Waals surface area contributed by atoms with Crippen molar-refractivity contribution in [1.29, 1.82) is 0 Å². The van der Waals surface area contributed by atoms with Gasteiger partial charge < -0.3 is 10.2 Å². The van der Waals surface area contributed by atoms with Gasteiger partial charge in [-0.25, -0.2) is 18.3 Å². The van der Waals surface area contributed by atoms with Crippen molar-refractivity contribution in [2.24, 2.45) is 0 Å². The maximum Gasteiger partial charge on any atom is 0.257 e. The predicted molar refractivity (Wildman–Crippen MR) is 102 cm³/mol. The first-order valence-electron chi connectivity index (χ1n) is 9.70. The summed E-state index contributed by atoms with van der Waals surface area (Å²) in [6.45, 7) is 2.35. The van der Waals surface area contributed by atoms with Gasteiger partial charge in [0.05, 0.1) is 24.5 Å². The maximum absolute atomic E-state index is 14.5. The number of alkyl halides is 1. The molecule has 3 aromatic heterocycles. The number of anilines is 1. The minimum Gasteiger partial charge on any atom is -0.352 e. The summed E-state index contributed by atoms with van der Waals surface area (Å²) >= 11 is 0. The number of carbonyl (C=O) groups is 1. The van der Waals surface area contributed by atoms with E-state index >= 15 is 0 Å². The number of halogens is 2. The highest BCUT2D eigenvalue weighted by atomic mass is 19.1. The highest BCUT2D eigenvalue weighted by Crippen LogP contribution is 2.38. The van der Waals surface area contributed by atoms with Gasteiger partial charge in [-0.2, -0.15) is 5.10 Å². The molecule has 150 valence electrons. The van der Waals surface area contributed by atoms with Crippen LogP contribution in [0.25, 0.3) is 5.65 Å². The molecular weight excluding hydrogens is 378 g/mol. The fraction of sp³-hybridized carbons (Fsp3) is 0.400. The number of pyridine rings is 1. The third-order valence-electron chi connectivity index (χ3n) is 5.62. The van der Waals surface area contributed by atoms with E-state index in [-0.39, 0.29) is 24.9 Å². The number of carbonyl (C=O) groups excluding carboxylic acids is 1. The van der Waals surface area contributed by atoms with Crippen LogP contribution in [-0.2, 0) is 6.42 Å². The lowest BCUT2D eigenvalue weighted by Crippen LogP contribution is -2.26. The van der Waals surface area contributed by atoms with Crippen molar-refractivity contribution in [1.82, 2.24) is 24.9 Å². The number of hydrogen-bond acceptors (Lipinski definition) is 5. The summed E-state index contributed by atoms with van der Waals surface area (Å²) in [6.07, 6.45) is 3.29. The normalized spacial score (nSPS) is 21.9. The lowest BCUT2D eigenvalue weighted by Gasteiger charge is -2.27. The van der Waals surface area contributed by atoms with Crippen molar-refractivity contribution >= 4 is 17.4 Å². The van der Waals surface area contributed by atoms with Crippen LogP contribution in [-0.4, -0.2) is 44.8 Å². The topological polar surface area (TPSA) is 75.4 Å². The Hall–Kier alpha value is -3.10. The highest BCUT2D eigenvalue weighted by Gasteiger charge is 2.36. The zero-order valence-corrected chi connectivity index (χ0v) is 15.9. The zero-order chi connectivity index (χ0) is 20.1. The number of fused-ring (bicyclic) bond motifs is 5. The first kappa shape index (κ1) is 18.0. The second-order valence-corrected chi connectivity index (χ2v) is 7.56. The number of nitrogens with zero attached hydrogens (tertiary/aromatic N) is 5. The van der Waals surface area contributed by atoms with Crippen molar-refractivity contribution in [2.45, 2.75) is 38.4 Å². The summed E-state index contributed by atoms with van der Waals surface area (Å²) in [5.41, 5.74) is 2.83. The predicted octanol–water partition coefficient (Wildman–Crippen LogP) is 2.54. The van der Waals surface area contributed by atoms with Crippen molar-refractivity contribution < 1.29 is 13.6 Å². The monoisotopic (exact) mass is 398 g/mol. The molecule has 0 radical (unpaired) electrons. The van der Waals surface area contributed by atoms with Gasteiger partial charge in [-0.1, -0.05) is 0 Å². The number of aromatic nitrogens is 4. The number of hydrogen-bond donors (Lipinski definition) is 1. The Kier molecular flexibility index (Phi) is 4.18. The van der Waals surface area contributed by atoms with Crippen molar-refractivity contribution in [3.8, 4) is 0 Å². The molecule has 1 fully saturated rings. The summed E-state index contributed by atoms with van der Waals surface area (Å²) in [5.74, 6) is -0.151. The average Bonchev–Trinajstić information content (AvgIpc) is 3.23. The molecule has 5 rings (SSSR count). The second-order valence-electron chi connectivity index (χ2n) is 7.56. The van der Waals surface area contributed by atoms with Crippen LogP contribution < -0.4 is 10.2 Å². The molecule has 0 aliphatic carbocycles. The molecule has 2 atom stereocenters. The van der Waals surface area contributed by atoms with Crippen LogP contribution in [0.3, 0.4) is 0 Å². The van der Waals surface area contributed by atoms with Gasteiger partial charge in [0.1, 0.15) is 23.4 Å². The van der Waals surface area contributed by atoms with Crippen LogP contribution in [0.1, 0.15) is 46.2 Å². The first-order valence-corrected chi connectivity index (χ1v) is 9.70. The van der Waals surface area contributed by atoms with Crippen molar-refractivity contribution in [2.75, 3.05) is 18.0 Å². The standard InChI is InChI=1S/C20H20F2N6O/c1-11-18-19-25-17(4-6-28(19)26-11)27-10-13(22)8-16(27)14-7-12(21)9-24-15(14)3-2-5-23-20(18)29/h4,6-7,9,13,16H,2-3,5,8,10H2,1H3,(H,23,29)/t13-,16+/m0/s1. The molecule has 5 heterocycles. The molecule has 2 bridgehead atoms. The Balaban J connectivity index is 1.70. The van der Waals surface area contributed by atoms with Crippen LogP contribution in [0.4, 0.5) is 14.6 Å². The molecule has 9 heteroatoms. The van der Waals surface area contributed by atoms with E-state index in [0.717, 1.165) is 5.69 Å². The van der Waals surface area contributed by atoms with Gasteiger partial charge in [0, 0.05) is 24.9 Å². The van der Waals surface area contributed by atoms with Crippen LogP contribution in [0, 0.1) is 12.7 Å². The number of aryl methyl sites for hydroxylation is 2. The van der Waals surface area contributed by atoms with Gasteiger partial charge in [0.25, 0.3) is 5.91 Å². The molecule has 29 heavy (non-hydrogen) atoms. The third kappa shape index (κ3) is 3.01. The van der Waals surface area contributed by atoms with E-state index in [4.69, 9.17) is 0 Å². The van der Waals surface area contributed by atoms with E-state index in [1.165, 1.54) is 12.3 Å². The molecule has 2 aliphatic heterocycles. The van der Waals surface area contributed by atoms with Gasteiger partial charge in [-0.15, -0.1) is 0 Å². The van der Waals surface area contributed by atoms with Crippen LogP contribution in [0.2, 0.25) is 0 Å². The number of nitrogens with one attached hydrogen (secondary N) is 1. The Morgan fingerprint density at radius 1 is 1.34 bits per heavy atom. The maximum atomic E-state index is 14.5. The molecule has 0 unspecified atom stereocenters. The van der Waals surface area contributed by atoms with Crippen LogP contribution in [0.15, 0.2) is 24.5 Å². The van der Waals surface area contributed by atoms with Crippen molar-refractivity contribution in [3.05, 3.63) is 52.9 Å². The lowest BCUT2D eigenvalue weighted by atomic mass is 9.99. The number of rotatable bonds is 0. The van der Waals surface area contributed by atoms with Crippen LogP contribution >= 0.6 is 0 Å². The summed E-state index contributed by atoms with van der Waals surface area (Å²) in [6, 6.07) is 2.83. The summed E-state index contributed by atoms with van der Waals surface area (Å²) in [5, 5.41) is 7.28. The summed E-state index contributed by atoms with van der Waals surface area (Å²) in [7, 11) is 0. The fourth-order valence-electron chi connectivity index (χ4n) is 4.31. The third-order valence-corrected chi connectivity index (χ3v) is 5.62. The smallest absolute Gasteiger partial charge is 0.257 e. The van der Waals surface area contributed by atoms with E-state index in [1.807, 2.05) is 4.90 Å². The van der Waals surface area contributed by atoms with E-state index in [0.29, 0.717) is 47.7 Å². The Morgan fingerprint density at radius 2 is 2.21 bits per heavy atom. The van der Waals surface area contributed by atoms with E-state index in [2.05, 4.69) is 20.4 Å². The minimum absolute atomic E-state index is 0.151. The molecular formula is C20H20F2N6O. The molecule has 2 aliphatic rings. The molecule has 7 nitrogen and oxygen atoms in total. The Labute approximate surface area is 165 Å². The molecule has 0 spiro atoms. The Bertz CT molecular complexity index is 1110. The zero-order valence-electron chi connectivity index (χ0n) is 15.9. The largest absolute Gasteiger partial charge is 0.352 e. The van der Waals surface area contributed by atoms with E-state index in [1.54, 1.807) is 23.7 Å². The fourth-order valence-corrected chi connectivity index (χ4v) is 4.31. The first-order chi connectivity index (χ1) is 14.0. The van der Waals surface area contributed by atoms with E-state index < -0.39 is 12.0 Å². The van der Waals surface area contributed by atoms with Crippen LogP contribution in [0.5, 0.6) is 0 Å². The quantitative estimate of drug-likeness (QED) is 0.630. The summed E-state index contributed by atoms with van der Waals surface area (Å²) in [4.78, 5) is 23.5. The van der Waals surface area contributed by atoms with Gasteiger partial charge in [-0.3, -0.25) is 9.78 Å². The Morgan fingerprint density at radius 3 is 3.07 bits per heavy atom. The molecule has 3 aromatic rings. The highest BCUT2D eigenvalue weighted by molar-refractivity contribution is 6.01. The van der Waals surface area contributed by atoms with E-state index in [9.17, 15) is 13.6 Å². The molecule has 0 aromatic carbocycles. The van der Waals surface area contributed by atoms with Gasteiger partial charge in [-0.05, 0) is 37.5 Å². The van der Waals surface area contributed by atoms with Gasteiger partial charge in [0.2, 0.25) is 0 Å². The van der Waals surface area contributed by atoms with Crippen molar-refractivity contribution in [3.63, 3.8) is 0 Å². The minimum atomic E-state index is -1.06. The van der Waals surface area contributed by atoms with Gasteiger partial charge >= 0.3 is 0 Å². The second kappa shape index (κ2) is 6.75. The average molecular weight is 398 g/mol. The molecule has 1 N–H and O–H groups in total. The molecule has 0 saturated carbocycles.